The van der Waals surface area contributed by atoms with Gasteiger partial charge in [-0.05, 0) is 64.2 Å². The van der Waals surface area contributed by atoms with Crippen LogP contribution in [-0.4, -0.2) is 37.2 Å². The van der Waals surface area contributed by atoms with Crippen LogP contribution in [0.3, 0.4) is 0 Å². The number of unbranched alkanes of at least 4 members (excludes halogenated alkanes) is 35. The maximum Gasteiger partial charge on any atom is 0.306 e. The van der Waals surface area contributed by atoms with Gasteiger partial charge in [0.1, 0.15) is 13.2 Å². The van der Waals surface area contributed by atoms with Gasteiger partial charge in [-0.15, -0.1) is 0 Å². The number of ether oxygens (including phenoxy) is 3. The van der Waals surface area contributed by atoms with Crippen molar-refractivity contribution in [3.05, 3.63) is 48.6 Å². The molecule has 0 radical (unpaired) electrons. The Bertz CT molecular complexity index is 1150. The summed E-state index contributed by atoms with van der Waals surface area (Å²) in [4.78, 5) is 38.1. The van der Waals surface area contributed by atoms with E-state index >= 15 is 0 Å². The van der Waals surface area contributed by atoms with Crippen molar-refractivity contribution in [2.75, 3.05) is 13.2 Å². The molecule has 0 fully saturated rings. The van der Waals surface area contributed by atoms with Crippen LogP contribution in [0.2, 0.25) is 0 Å². The molecule has 6 heteroatoms. The Labute approximate surface area is 409 Å². The number of allylic oxidation sites excluding steroid dienone is 8. The van der Waals surface area contributed by atoms with Crippen LogP contribution in [0.1, 0.15) is 297 Å². The van der Waals surface area contributed by atoms with E-state index < -0.39 is 6.10 Å². The summed E-state index contributed by atoms with van der Waals surface area (Å²) in [6.07, 6.45) is 66.7. The van der Waals surface area contributed by atoms with E-state index in [1.54, 1.807) is 0 Å². The second kappa shape index (κ2) is 55.0. The minimum atomic E-state index is -0.779. The second-order valence-electron chi connectivity index (χ2n) is 19.2. The van der Waals surface area contributed by atoms with Crippen LogP contribution in [0.25, 0.3) is 0 Å². The van der Waals surface area contributed by atoms with Crippen molar-refractivity contribution in [1.29, 1.82) is 0 Å². The highest BCUT2D eigenvalue weighted by Crippen LogP contribution is 2.16. The summed E-state index contributed by atoms with van der Waals surface area (Å²) in [5.74, 6) is -0.879. The molecule has 1 unspecified atom stereocenters. The first-order chi connectivity index (χ1) is 32.5. The van der Waals surface area contributed by atoms with Crippen molar-refractivity contribution in [2.45, 2.75) is 303 Å². The standard InChI is InChI=1S/C60H108O6/c1-4-7-10-13-16-19-22-25-28-29-30-31-33-35-38-41-44-47-50-53-59(62)65-56-57(55-64-58(61)52-49-46-43-40-37-34-27-24-21-18-15-12-9-6-3)66-60(63)54-51-48-45-42-39-36-32-26-23-20-17-14-11-8-5-2/h8,11,14,17,20,23,29-30,57H,4-7,9-10,12-13,15-16,18-19,21-22,24-28,31-56H2,1-3H3/b11-8-,17-14-,23-20-,30-29-. The Morgan fingerprint density at radius 2 is 0.606 bits per heavy atom. The highest BCUT2D eigenvalue weighted by Gasteiger charge is 2.19. The molecule has 1 atom stereocenters. The first kappa shape index (κ1) is 63.4. The van der Waals surface area contributed by atoms with Gasteiger partial charge in [0.25, 0.3) is 0 Å². The summed E-state index contributed by atoms with van der Waals surface area (Å²) in [6.45, 7) is 6.53. The molecule has 66 heavy (non-hydrogen) atoms. The Kier molecular flexibility index (Phi) is 52.8. The zero-order valence-electron chi connectivity index (χ0n) is 44.0. The molecule has 0 aromatic carbocycles. The second-order valence-corrected chi connectivity index (χ2v) is 19.2. The molecule has 0 bridgehead atoms. The van der Waals surface area contributed by atoms with E-state index in [1.807, 2.05) is 0 Å². The molecular weight excluding hydrogens is 817 g/mol. The first-order valence-corrected chi connectivity index (χ1v) is 28.7. The van der Waals surface area contributed by atoms with Crippen LogP contribution in [-0.2, 0) is 28.6 Å². The van der Waals surface area contributed by atoms with E-state index in [4.69, 9.17) is 14.2 Å². The van der Waals surface area contributed by atoms with Crippen molar-refractivity contribution >= 4 is 17.9 Å². The topological polar surface area (TPSA) is 78.9 Å². The van der Waals surface area contributed by atoms with Crippen LogP contribution in [0.4, 0.5) is 0 Å². The molecule has 0 N–H and O–H groups in total. The summed E-state index contributed by atoms with van der Waals surface area (Å²) in [7, 11) is 0. The lowest BCUT2D eigenvalue weighted by atomic mass is 10.0. The zero-order chi connectivity index (χ0) is 47.9. The van der Waals surface area contributed by atoms with Crippen molar-refractivity contribution in [3.63, 3.8) is 0 Å². The minimum Gasteiger partial charge on any atom is -0.462 e. The summed E-state index contributed by atoms with van der Waals surface area (Å²) in [5, 5.41) is 0. The van der Waals surface area contributed by atoms with Gasteiger partial charge < -0.3 is 14.2 Å². The third-order valence-corrected chi connectivity index (χ3v) is 12.6. The summed E-state index contributed by atoms with van der Waals surface area (Å²) >= 11 is 0. The van der Waals surface area contributed by atoms with Gasteiger partial charge in [-0.25, -0.2) is 0 Å². The Morgan fingerprint density at radius 3 is 0.955 bits per heavy atom. The van der Waals surface area contributed by atoms with Crippen molar-refractivity contribution in [3.8, 4) is 0 Å². The van der Waals surface area contributed by atoms with E-state index in [2.05, 4.69) is 69.4 Å². The van der Waals surface area contributed by atoms with Gasteiger partial charge in [-0.1, -0.05) is 262 Å². The van der Waals surface area contributed by atoms with Crippen molar-refractivity contribution in [2.24, 2.45) is 0 Å². The third-order valence-electron chi connectivity index (χ3n) is 12.6. The molecule has 0 aromatic heterocycles. The molecule has 0 amide bonds. The van der Waals surface area contributed by atoms with Crippen LogP contribution < -0.4 is 0 Å². The summed E-state index contributed by atoms with van der Waals surface area (Å²) in [5.41, 5.74) is 0. The molecular formula is C60H108O6. The fourth-order valence-electron chi connectivity index (χ4n) is 8.32. The van der Waals surface area contributed by atoms with Crippen LogP contribution >= 0.6 is 0 Å². The quantitative estimate of drug-likeness (QED) is 0.0199. The predicted octanol–water partition coefficient (Wildman–Crippen LogP) is 19.0. The minimum absolute atomic E-state index is 0.0765. The van der Waals surface area contributed by atoms with E-state index in [1.165, 1.54) is 186 Å². The van der Waals surface area contributed by atoms with Gasteiger partial charge in [0.15, 0.2) is 6.10 Å². The monoisotopic (exact) mass is 925 g/mol. The highest BCUT2D eigenvalue weighted by atomic mass is 16.6. The number of esters is 3. The Hall–Kier alpha value is -2.63. The van der Waals surface area contributed by atoms with Crippen LogP contribution in [0, 0.1) is 0 Å². The molecule has 0 aliphatic heterocycles. The molecule has 0 heterocycles. The molecule has 0 rings (SSSR count). The molecule has 0 saturated heterocycles. The average molecular weight is 926 g/mol. The van der Waals surface area contributed by atoms with Gasteiger partial charge in [0, 0.05) is 19.3 Å². The molecule has 6 nitrogen and oxygen atoms in total. The first-order valence-electron chi connectivity index (χ1n) is 28.7. The maximum atomic E-state index is 12.8. The normalized spacial score (nSPS) is 12.3. The lowest BCUT2D eigenvalue weighted by Crippen LogP contribution is -2.30. The summed E-state index contributed by atoms with van der Waals surface area (Å²) < 4.78 is 16.9. The molecule has 0 saturated carbocycles. The molecule has 0 spiro atoms. The van der Waals surface area contributed by atoms with Crippen LogP contribution in [0.15, 0.2) is 48.6 Å². The van der Waals surface area contributed by atoms with E-state index in [9.17, 15) is 14.4 Å². The number of carbonyl (C=O) groups excluding carboxylic acids is 3. The smallest absolute Gasteiger partial charge is 0.306 e. The number of rotatable bonds is 52. The van der Waals surface area contributed by atoms with Crippen LogP contribution in [0.5, 0.6) is 0 Å². The average Bonchev–Trinajstić information content (AvgIpc) is 3.31. The molecule has 0 aliphatic carbocycles. The molecule has 384 valence electrons. The fraction of sp³-hybridized carbons (Fsp3) is 0.817. The lowest BCUT2D eigenvalue weighted by molar-refractivity contribution is -0.167. The lowest BCUT2D eigenvalue weighted by Gasteiger charge is -2.18. The van der Waals surface area contributed by atoms with Gasteiger partial charge in [0.05, 0.1) is 0 Å². The zero-order valence-corrected chi connectivity index (χ0v) is 44.0. The Morgan fingerprint density at radius 1 is 0.318 bits per heavy atom. The fourth-order valence-corrected chi connectivity index (χ4v) is 8.32. The number of hydrogen-bond acceptors (Lipinski definition) is 6. The highest BCUT2D eigenvalue weighted by molar-refractivity contribution is 5.71. The van der Waals surface area contributed by atoms with Gasteiger partial charge in [-0.3, -0.25) is 14.4 Å². The largest absolute Gasteiger partial charge is 0.462 e. The van der Waals surface area contributed by atoms with Gasteiger partial charge >= 0.3 is 17.9 Å². The van der Waals surface area contributed by atoms with E-state index in [0.29, 0.717) is 19.3 Å². The maximum absolute atomic E-state index is 12.8. The number of carbonyl (C=O) groups is 3. The number of hydrogen-bond donors (Lipinski definition) is 0. The third kappa shape index (κ3) is 52.3. The van der Waals surface area contributed by atoms with Crippen molar-refractivity contribution < 1.29 is 28.6 Å². The van der Waals surface area contributed by atoms with E-state index in [0.717, 1.165) is 70.6 Å². The molecule has 0 aliphatic rings. The predicted molar refractivity (Wildman–Crippen MR) is 284 cm³/mol. The SMILES string of the molecule is CC\C=C/C=C\C=C/CCCCCCCCCC(=O)OC(COC(=O)CCCCCCCCC/C=C\CCCCCCCCCC)COC(=O)CCCCCCCCCCCCCCCC. The van der Waals surface area contributed by atoms with Gasteiger partial charge in [0.2, 0.25) is 0 Å². The van der Waals surface area contributed by atoms with Crippen molar-refractivity contribution in [1.82, 2.24) is 0 Å². The molecule has 0 aromatic rings. The van der Waals surface area contributed by atoms with E-state index in [-0.39, 0.29) is 31.1 Å². The van der Waals surface area contributed by atoms with Gasteiger partial charge in [-0.2, -0.15) is 0 Å². The summed E-state index contributed by atoms with van der Waals surface area (Å²) in [6, 6.07) is 0. The Balaban J connectivity index is 4.35.